The number of aromatic nitrogens is 1. The summed E-state index contributed by atoms with van der Waals surface area (Å²) in [5.74, 6) is 2.76. The molecule has 4 heteroatoms. The number of benzene rings is 1. The Labute approximate surface area is 167 Å². The molecule has 4 saturated carbocycles. The van der Waals surface area contributed by atoms with E-state index in [1.165, 1.54) is 51.3 Å². The molecule has 1 aromatic heterocycles. The maximum absolute atomic E-state index is 14.4. The van der Waals surface area contributed by atoms with Crippen LogP contribution in [0.15, 0.2) is 30.5 Å². The number of fused-ring (bicyclic) bond motifs is 1. The van der Waals surface area contributed by atoms with Crippen LogP contribution in [0.4, 0.5) is 10.1 Å². The van der Waals surface area contributed by atoms with Crippen molar-refractivity contribution in [2.75, 3.05) is 18.4 Å². The number of nitrogens with zero attached hydrogens (tertiary/aromatic N) is 1. The third kappa shape index (κ3) is 3.52. The van der Waals surface area contributed by atoms with Crippen LogP contribution in [-0.4, -0.2) is 24.1 Å². The summed E-state index contributed by atoms with van der Waals surface area (Å²) in [5, 5.41) is 8.01. The average Bonchev–Trinajstić information content (AvgIpc) is 2.66. The average molecular weight is 382 g/mol. The van der Waals surface area contributed by atoms with Gasteiger partial charge in [-0.2, -0.15) is 0 Å². The van der Waals surface area contributed by atoms with Crippen molar-refractivity contribution in [1.82, 2.24) is 10.3 Å². The minimum absolute atomic E-state index is 0.212. The number of anilines is 1. The van der Waals surface area contributed by atoms with Crippen molar-refractivity contribution >= 4 is 16.6 Å². The van der Waals surface area contributed by atoms with E-state index in [1.807, 2.05) is 24.3 Å². The zero-order valence-corrected chi connectivity index (χ0v) is 16.9. The van der Waals surface area contributed by atoms with Crippen LogP contribution < -0.4 is 10.6 Å². The highest BCUT2D eigenvalue weighted by Gasteiger charge is 2.50. The van der Waals surface area contributed by atoms with Crippen LogP contribution in [0.3, 0.4) is 0 Å². The summed E-state index contributed by atoms with van der Waals surface area (Å²) >= 11 is 0. The molecule has 2 aromatic rings. The van der Waals surface area contributed by atoms with Crippen LogP contribution in [0, 0.1) is 29.0 Å². The Bertz CT molecular complexity index is 814. The highest BCUT2D eigenvalue weighted by Crippen LogP contribution is 2.59. The second-order valence-electron chi connectivity index (χ2n) is 9.93. The van der Waals surface area contributed by atoms with E-state index in [-0.39, 0.29) is 11.9 Å². The van der Waals surface area contributed by atoms with Gasteiger partial charge in [-0.15, -0.1) is 0 Å². The van der Waals surface area contributed by atoms with E-state index in [1.54, 1.807) is 0 Å². The van der Waals surface area contributed by atoms with Gasteiger partial charge in [0, 0.05) is 18.0 Å². The lowest BCUT2D eigenvalue weighted by atomic mass is 9.49. The molecular formula is C24H32FN3. The maximum atomic E-state index is 14.4. The van der Waals surface area contributed by atoms with Crippen LogP contribution in [0.25, 0.3) is 10.9 Å². The molecule has 1 heterocycles. The molecule has 0 amide bonds. The van der Waals surface area contributed by atoms with Gasteiger partial charge in [0.2, 0.25) is 0 Å². The van der Waals surface area contributed by atoms with Gasteiger partial charge >= 0.3 is 0 Å². The topological polar surface area (TPSA) is 37.0 Å². The Kier molecular flexibility index (Phi) is 4.78. The third-order valence-electron chi connectivity index (χ3n) is 7.54. The zero-order chi connectivity index (χ0) is 19.1. The minimum Gasteiger partial charge on any atom is -0.380 e. The molecule has 4 aliphatic rings. The molecule has 1 atom stereocenters. The molecule has 1 unspecified atom stereocenters. The van der Waals surface area contributed by atoms with Crippen molar-refractivity contribution in [3.05, 3.63) is 36.3 Å². The Morgan fingerprint density at radius 2 is 1.79 bits per heavy atom. The molecule has 3 nitrogen and oxygen atoms in total. The number of hydrogen-bond donors (Lipinski definition) is 2. The number of para-hydroxylation sites is 1. The summed E-state index contributed by atoms with van der Waals surface area (Å²) in [7, 11) is 0. The van der Waals surface area contributed by atoms with Gasteiger partial charge < -0.3 is 10.6 Å². The number of rotatable bonds is 7. The van der Waals surface area contributed by atoms with Crippen molar-refractivity contribution in [2.45, 2.75) is 57.9 Å². The van der Waals surface area contributed by atoms with Crippen LogP contribution in [0.5, 0.6) is 0 Å². The molecule has 6 rings (SSSR count). The quantitative estimate of drug-likeness (QED) is 0.633. The summed E-state index contributed by atoms with van der Waals surface area (Å²) in [5.41, 5.74) is 2.00. The largest absolute Gasteiger partial charge is 0.380 e. The first-order valence-corrected chi connectivity index (χ1v) is 11.1. The predicted molar refractivity (Wildman–Crippen MR) is 113 cm³/mol. The first kappa shape index (κ1) is 18.4. The van der Waals surface area contributed by atoms with Crippen molar-refractivity contribution in [3.8, 4) is 0 Å². The second-order valence-corrected chi connectivity index (χ2v) is 9.93. The number of halogens is 1. The molecule has 4 aliphatic carbocycles. The number of pyridine rings is 1. The molecule has 0 radical (unpaired) electrons. The summed E-state index contributed by atoms with van der Waals surface area (Å²) < 4.78 is 14.4. The number of nitrogens with one attached hydrogen (secondary N) is 2. The molecule has 28 heavy (non-hydrogen) atoms. The molecule has 0 saturated heterocycles. The summed E-state index contributed by atoms with van der Waals surface area (Å²) in [4.78, 5) is 4.19. The molecule has 4 bridgehead atoms. The van der Waals surface area contributed by atoms with Gasteiger partial charge in [-0.1, -0.05) is 18.2 Å². The predicted octanol–water partition coefficient (Wildman–Crippen LogP) is 5.37. The summed E-state index contributed by atoms with van der Waals surface area (Å²) in [6.45, 7) is 4.30. The lowest BCUT2D eigenvalue weighted by Crippen LogP contribution is -2.50. The van der Waals surface area contributed by atoms with Gasteiger partial charge in [0.1, 0.15) is 0 Å². The monoisotopic (exact) mass is 381 g/mol. The standard InChI is InChI=1S/C24H32FN3/c1-16(28-23-20-4-2-3-5-22(20)27-14-21(23)25)6-7-26-15-24-11-17-8-18(12-24)10-19(9-17)13-24/h2-5,14,16-19,26H,6-13,15H2,1H3,(H,27,28). The summed E-state index contributed by atoms with van der Waals surface area (Å²) in [6, 6.07) is 7.95. The van der Waals surface area contributed by atoms with Gasteiger partial charge in [-0.05, 0) is 87.6 Å². The van der Waals surface area contributed by atoms with Crippen molar-refractivity contribution < 1.29 is 4.39 Å². The van der Waals surface area contributed by atoms with E-state index in [0.29, 0.717) is 11.1 Å². The first-order chi connectivity index (χ1) is 13.6. The fourth-order valence-corrected chi connectivity index (χ4v) is 6.76. The Hall–Kier alpha value is -1.68. The molecule has 4 fully saturated rings. The fraction of sp³-hybridized carbons (Fsp3) is 0.625. The van der Waals surface area contributed by atoms with Crippen LogP contribution in [0.2, 0.25) is 0 Å². The van der Waals surface area contributed by atoms with Crippen LogP contribution in [0.1, 0.15) is 51.9 Å². The van der Waals surface area contributed by atoms with E-state index in [2.05, 4.69) is 22.5 Å². The Balaban J connectivity index is 1.15. The lowest BCUT2D eigenvalue weighted by Gasteiger charge is -2.57. The molecule has 0 spiro atoms. The van der Waals surface area contributed by atoms with Crippen molar-refractivity contribution in [2.24, 2.45) is 23.2 Å². The molecule has 150 valence electrons. The van der Waals surface area contributed by atoms with Gasteiger partial charge in [-0.3, -0.25) is 4.98 Å². The Morgan fingerprint density at radius 3 is 2.50 bits per heavy atom. The van der Waals surface area contributed by atoms with Gasteiger partial charge in [0.15, 0.2) is 5.82 Å². The van der Waals surface area contributed by atoms with E-state index >= 15 is 0 Å². The first-order valence-electron chi connectivity index (χ1n) is 11.1. The van der Waals surface area contributed by atoms with E-state index < -0.39 is 0 Å². The van der Waals surface area contributed by atoms with Gasteiger partial charge in [0.25, 0.3) is 0 Å². The zero-order valence-electron chi connectivity index (χ0n) is 16.9. The molecule has 2 N–H and O–H groups in total. The fourth-order valence-electron chi connectivity index (χ4n) is 6.76. The Morgan fingerprint density at radius 1 is 1.11 bits per heavy atom. The van der Waals surface area contributed by atoms with Crippen LogP contribution >= 0.6 is 0 Å². The minimum atomic E-state index is -0.271. The van der Waals surface area contributed by atoms with E-state index in [9.17, 15) is 4.39 Å². The SMILES string of the molecule is CC(CCNCC12CC3CC(CC(C3)C1)C2)Nc1c(F)cnc2ccccc12. The second kappa shape index (κ2) is 7.29. The molecule has 0 aliphatic heterocycles. The van der Waals surface area contributed by atoms with Gasteiger partial charge in [-0.25, -0.2) is 4.39 Å². The van der Waals surface area contributed by atoms with Crippen LogP contribution in [-0.2, 0) is 0 Å². The van der Waals surface area contributed by atoms with Crippen molar-refractivity contribution in [1.29, 1.82) is 0 Å². The normalized spacial score (nSPS) is 32.0. The van der Waals surface area contributed by atoms with E-state index in [4.69, 9.17) is 0 Å². The molecular weight excluding hydrogens is 349 g/mol. The van der Waals surface area contributed by atoms with E-state index in [0.717, 1.165) is 41.6 Å². The third-order valence-corrected chi connectivity index (χ3v) is 7.54. The number of hydrogen-bond acceptors (Lipinski definition) is 3. The molecule has 1 aromatic carbocycles. The van der Waals surface area contributed by atoms with Crippen molar-refractivity contribution in [3.63, 3.8) is 0 Å². The highest BCUT2D eigenvalue weighted by atomic mass is 19.1. The lowest BCUT2D eigenvalue weighted by molar-refractivity contribution is -0.0512. The van der Waals surface area contributed by atoms with Gasteiger partial charge in [0.05, 0.1) is 17.4 Å². The highest BCUT2D eigenvalue weighted by molar-refractivity contribution is 5.91. The maximum Gasteiger partial charge on any atom is 0.165 e. The smallest absolute Gasteiger partial charge is 0.165 e. The summed E-state index contributed by atoms with van der Waals surface area (Å²) in [6.07, 6.45) is 11.2.